The lowest BCUT2D eigenvalue weighted by atomic mass is 9.98. The molecule has 1 heterocycles. The van der Waals surface area contributed by atoms with Crippen LogP contribution < -0.4 is 10.1 Å². The average molecular weight is 289 g/mol. The summed E-state index contributed by atoms with van der Waals surface area (Å²) < 4.78 is 5.78. The molecule has 20 heavy (non-hydrogen) atoms. The van der Waals surface area contributed by atoms with E-state index < -0.39 is 0 Å². The van der Waals surface area contributed by atoms with Crippen molar-refractivity contribution in [1.82, 2.24) is 5.32 Å². The van der Waals surface area contributed by atoms with Gasteiger partial charge in [-0.2, -0.15) is 0 Å². The fraction of sp³-hybridized carbons (Fsp3) is 0.412. The van der Waals surface area contributed by atoms with Gasteiger partial charge in [0.25, 0.3) is 0 Å². The molecule has 0 amide bonds. The van der Waals surface area contributed by atoms with Crippen LogP contribution in [0.3, 0.4) is 0 Å². The van der Waals surface area contributed by atoms with Crippen LogP contribution in [0.4, 0.5) is 0 Å². The molecule has 0 unspecified atom stereocenters. The van der Waals surface area contributed by atoms with Crippen LogP contribution in [0, 0.1) is 6.92 Å². The van der Waals surface area contributed by atoms with E-state index in [9.17, 15) is 0 Å². The molecule has 0 atom stereocenters. The minimum Gasteiger partial charge on any atom is -0.492 e. The summed E-state index contributed by atoms with van der Waals surface area (Å²) in [5.74, 6) is 1.53. The van der Waals surface area contributed by atoms with Gasteiger partial charge in [0.15, 0.2) is 0 Å². The first-order valence-electron chi connectivity index (χ1n) is 7.13. The summed E-state index contributed by atoms with van der Waals surface area (Å²) in [6, 6.07) is 10.6. The Morgan fingerprint density at radius 3 is 2.75 bits per heavy atom. The number of hydrogen-bond acceptors (Lipinski definition) is 3. The van der Waals surface area contributed by atoms with Gasteiger partial charge in [0.2, 0.25) is 0 Å². The van der Waals surface area contributed by atoms with Crippen molar-refractivity contribution in [2.75, 3.05) is 13.2 Å². The van der Waals surface area contributed by atoms with Gasteiger partial charge in [-0.3, -0.25) is 0 Å². The molecule has 0 aliphatic carbocycles. The fourth-order valence-electron chi connectivity index (χ4n) is 2.25. The van der Waals surface area contributed by atoms with Crippen molar-refractivity contribution in [3.05, 3.63) is 51.7 Å². The molecule has 0 aliphatic rings. The molecule has 0 fully saturated rings. The molecule has 1 aromatic heterocycles. The third-order valence-corrected chi connectivity index (χ3v) is 4.17. The Balaban J connectivity index is 1.72. The highest BCUT2D eigenvalue weighted by Crippen LogP contribution is 2.23. The molecule has 0 spiro atoms. The zero-order chi connectivity index (χ0) is 14.4. The predicted octanol–water partition coefficient (Wildman–Crippen LogP) is 4.35. The van der Waals surface area contributed by atoms with Crippen molar-refractivity contribution in [1.29, 1.82) is 0 Å². The fourth-order valence-corrected chi connectivity index (χ4v) is 2.93. The van der Waals surface area contributed by atoms with Crippen molar-refractivity contribution in [2.24, 2.45) is 0 Å². The van der Waals surface area contributed by atoms with Gasteiger partial charge in [-0.25, -0.2) is 0 Å². The monoisotopic (exact) mass is 289 g/mol. The van der Waals surface area contributed by atoms with Gasteiger partial charge in [-0.15, -0.1) is 11.3 Å². The molecule has 1 aromatic carbocycles. The van der Waals surface area contributed by atoms with Crippen LogP contribution in [0.5, 0.6) is 5.75 Å². The van der Waals surface area contributed by atoms with E-state index in [2.05, 4.69) is 61.8 Å². The Hall–Kier alpha value is -1.32. The minimum absolute atomic E-state index is 0.566. The van der Waals surface area contributed by atoms with Crippen LogP contribution in [0.25, 0.3) is 0 Å². The molecule has 2 aromatic rings. The maximum absolute atomic E-state index is 5.78. The van der Waals surface area contributed by atoms with Crippen molar-refractivity contribution < 1.29 is 4.74 Å². The number of ether oxygens (including phenoxy) is 1. The van der Waals surface area contributed by atoms with Gasteiger partial charge < -0.3 is 10.1 Å². The van der Waals surface area contributed by atoms with Crippen LogP contribution in [-0.2, 0) is 6.54 Å². The molecule has 2 nitrogen and oxygen atoms in total. The van der Waals surface area contributed by atoms with Gasteiger partial charge in [-0.1, -0.05) is 26.0 Å². The van der Waals surface area contributed by atoms with Gasteiger partial charge in [0, 0.05) is 18.0 Å². The molecule has 0 saturated carbocycles. The summed E-state index contributed by atoms with van der Waals surface area (Å²) >= 11 is 1.78. The van der Waals surface area contributed by atoms with Crippen molar-refractivity contribution in [3.8, 4) is 5.75 Å². The van der Waals surface area contributed by atoms with E-state index in [-0.39, 0.29) is 0 Å². The van der Waals surface area contributed by atoms with E-state index in [1.54, 1.807) is 11.3 Å². The van der Waals surface area contributed by atoms with Crippen molar-refractivity contribution in [3.63, 3.8) is 0 Å². The Bertz CT molecular complexity index is 520. The van der Waals surface area contributed by atoms with Crippen molar-refractivity contribution in [2.45, 2.75) is 33.2 Å². The van der Waals surface area contributed by atoms with Crippen molar-refractivity contribution >= 4 is 11.3 Å². The van der Waals surface area contributed by atoms with E-state index in [0.29, 0.717) is 12.5 Å². The Labute approximate surface area is 125 Å². The number of thiophene rings is 1. The molecule has 0 bridgehead atoms. The predicted molar refractivity (Wildman–Crippen MR) is 86.8 cm³/mol. The van der Waals surface area contributed by atoms with E-state index >= 15 is 0 Å². The Morgan fingerprint density at radius 2 is 2.10 bits per heavy atom. The standard InChI is InChI=1S/C17H23NOS/c1-13(2)17-7-6-15(11-14(17)3)19-9-8-18-12-16-5-4-10-20-16/h4-7,10-11,13,18H,8-9,12H2,1-3H3. The SMILES string of the molecule is Cc1cc(OCCNCc2cccs2)ccc1C(C)C. The number of rotatable bonds is 7. The first kappa shape index (κ1) is 15.1. The van der Waals surface area contributed by atoms with E-state index in [0.717, 1.165) is 18.8 Å². The molecule has 108 valence electrons. The quantitative estimate of drug-likeness (QED) is 0.765. The van der Waals surface area contributed by atoms with E-state index in [4.69, 9.17) is 4.74 Å². The minimum atomic E-state index is 0.566. The highest BCUT2D eigenvalue weighted by atomic mass is 32.1. The summed E-state index contributed by atoms with van der Waals surface area (Å²) in [5.41, 5.74) is 2.71. The molecule has 0 aliphatic heterocycles. The summed E-state index contributed by atoms with van der Waals surface area (Å²) in [6.07, 6.45) is 0. The third-order valence-electron chi connectivity index (χ3n) is 3.29. The van der Waals surface area contributed by atoms with Crippen LogP contribution in [-0.4, -0.2) is 13.2 Å². The summed E-state index contributed by atoms with van der Waals surface area (Å²) in [4.78, 5) is 1.36. The van der Waals surface area contributed by atoms with Crippen LogP contribution >= 0.6 is 11.3 Å². The lowest BCUT2D eigenvalue weighted by molar-refractivity contribution is 0.313. The van der Waals surface area contributed by atoms with Gasteiger partial charge in [0.1, 0.15) is 12.4 Å². The average Bonchev–Trinajstić information content (AvgIpc) is 2.91. The van der Waals surface area contributed by atoms with Crippen LogP contribution in [0.1, 0.15) is 35.8 Å². The van der Waals surface area contributed by atoms with E-state index in [1.165, 1.54) is 16.0 Å². The second-order valence-electron chi connectivity index (χ2n) is 5.28. The summed E-state index contributed by atoms with van der Waals surface area (Å²) in [5, 5.41) is 5.49. The number of benzene rings is 1. The second-order valence-corrected chi connectivity index (χ2v) is 6.31. The number of hydrogen-bond donors (Lipinski definition) is 1. The molecule has 0 saturated heterocycles. The molecule has 3 heteroatoms. The molecule has 1 N–H and O–H groups in total. The zero-order valence-electron chi connectivity index (χ0n) is 12.5. The van der Waals surface area contributed by atoms with Gasteiger partial charge >= 0.3 is 0 Å². The number of aryl methyl sites for hydroxylation is 1. The third kappa shape index (κ3) is 4.36. The zero-order valence-corrected chi connectivity index (χ0v) is 13.3. The largest absolute Gasteiger partial charge is 0.492 e. The summed E-state index contributed by atoms with van der Waals surface area (Å²) in [7, 11) is 0. The van der Waals surface area contributed by atoms with E-state index in [1.807, 2.05) is 0 Å². The van der Waals surface area contributed by atoms with Gasteiger partial charge in [0.05, 0.1) is 0 Å². The first-order chi connectivity index (χ1) is 9.66. The van der Waals surface area contributed by atoms with Crippen LogP contribution in [0.15, 0.2) is 35.7 Å². The normalized spacial score (nSPS) is 11.0. The molecule has 2 rings (SSSR count). The second kappa shape index (κ2) is 7.46. The smallest absolute Gasteiger partial charge is 0.119 e. The molecular weight excluding hydrogens is 266 g/mol. The lowest BCUT2D eigenvalue weighted by Gasteiger charge is -2.12. The molecular formula is C17H23NOS. The van der Waals surface area contributed by atoms with Crippen LogP contribution in [0.2, 0.25) is 0 Å². The number of nitrogens with one attached hydrogen (secondary N) is 1. The maximum atomic E-state index is 5.78. The summed E-state index contributed by atoms with van der Waals surface area (Å²) in [6.45, 7) is 9.08. The van der Waals surface area contributed by atoms with Gasteiger partial charge in [-0.05, 0) is 47.5 Å². The maximum Gasteiger partial charge on any atom is 0.119 e. The highest BCUT2D eigenvalue weighted by molar-refractivity contribution is 7.09. The molecule has 0 radical (unpaired) electrons. The Morgan fingerprint density at radius 1 is 1.25 bits per heavy atom. The Kier molecular flexibility index (Phi) is 5.62. The lowest BCUT2D eigenvalue weighted by Crippen LogP contribution is -2.20. The highest BCUT2D eigenvalue weighted by Gasteiger charge is 2.04. The topological polar surface area (TPSA) is 21.3 Å². The first-order valence-corrected chi connectivity index (χ1v) is 8.01.